The van der Waals surface area contributed by atoms with Gasteiger partial charge >= 0.3 is 0 Å². The Morgan fingerprint density at radius 3 is 1.02 bits per heavy atom. The van der Waals surface area contributed by atoms with Crippen molar-refractivity contribution in [2.45, 2.75) is 57.8 Å². The molecule has 6 heterocycles. The summed E-state index contributed by atoms with van der Waals surface area (Å²) in [6, 6.07) is 142. The third-order valence-electron chi connectivity index (χ3n) is 25.9. The highest BCUT2D eigenvalue weighted by Crippen LogP contribution is 2.57. The van der Waals surface area contributed by atoms with Gasteiger partial charge in [-0.05, 0) is 162 Å². The summed E-state index contributed by atoms with van der Waals surface area (Å²) in [7, 11) is 0. The molecule has 15 aromatic carbocycles. The van der Waals surface area contributed by atoms with Crippen LogP contribution in [0, 0.1) is 0 Å². The van der Waals surface area contributed by atoms with Crippen molar-refractivity contribution in [3.63, 3.8) is 0 Å². The molecular weight excluding hydrogens is 1500 g/mol. The van der Waals surface area contributed by atoms with Gasteiger partial charge in [0.25, 0.3) is 0 Å². The average molecular weight is 1590 g/mol. The molecule has 0 N–H and O–H groups in total. The number of hydrogen-bond donors (Lipinski definition) is 0. The minimum atomic E-state index is -0.206. The van der Waals surface area contributed by atoms with Gasteiger partial charge in [0.1, 0.15) is 0 Å². The SMILES string of the molecule is CC1(C)c2ccccc2-c2nc3ccccc3c(-c3cccc(-c4cc(-c5ccccc5)nc(-c5ccc(-c6ccccc6)cc5)n4)c3)c21.CC1(C)c2ccccc2-c2nc3ccccc3c(-c3cccc(-c4ccc(-c5ccccn5)cc4)c3)c21.CC1(C)c2ccccc2-c2nc3ccccc3c(-c3cccc(-n4c5ccccc5c5ccccc54)c3)c21. The third-order valence-corrected chi connectivity index (χ3v) is 25.9. The van der Waals surface area contributed by atoms with E-state index < -0.39 is 0 Å². The summed E-state index contributed by atoms with van der Waals surface area (Å²) in [5, 5.41) is 6.11. The van der Waals surface area contributed by atoms with E-state index in [1.54, 1.807) is 0 Å². The van der Waals surface area contributed by atoms with Gasteiger partial charge in [0.05, 0.1) is 61.7 Å². The fourth-order valence-electron chi connectivity index (χ4n) is 20.0. The molecule has 6 aromatic heterocycles. The van der Waals surface area contributed by atoms with Crippen LogP contribution in [0.3, 0.4) is 0 Å². The standard InChI is InChI=1S/C46H33N3.C36H26N2.C35H26N2/c1-46(2)38-22-11-9-20-36(38)44-43(46)42(37-21-10-12-23-39(37)47-44)35-19-13-18-34(28-35)41-29-40(32-16-7-4-8-17-32)48-45(49-41)33-26-24-31(25-27-33)30-14-5-3-6-15-30;1-36(2)29-18-7-3-16-27(29)35-34(36)33(28-17-4-8-19-30(28)37-35)23-12-11-13-24(22-23)38-31-20-9-5-14-25(31)26-15-6-10-21-32(26)38;1-35(2)29-14-5-3-12-27(29)34-33(35)32(28-13-4-6-16-31(28)37-34)26-11-9-10-25(22-26)23-17-19-24(20-18-23)30-15-7-8-21-36-30/h3-29H,1-2H3;3-22H,1-2H3;3-22H,1-2H3. The Balaban J connectivity index is 0.000000112. The molecule has 0 amide bonds. The molecule has 0 radical (unpaired) electrons. The van der Waals surface area contributed by atoms with E-state index in [2.05, 4.69) is 421 Å². The largest absolute Gasteiger partial charge is 0.309 e. The van der Waals surface area contributed by atoms with E-state index in [9.17, 15) is 0 Å². The smallest absolute Gasteiger partial charge is 0.160 e. The van der Waals surface area contributed by atoms with Crippen LogP contribution in [0.2, 0.25) is 0 Å². The monoisotopic (exact) mass is 1590 g/mol. The van der Waals surface area contributed by atoms with Crippen molar-refractivity contribution in [3.05, 3.63) is 440 Å². The summed E-state index contributed by atoms with van der Waals surface area (Å²) in [5.41, 5.74) is 40.3. The molecule has 588 valence electrons. The lowest BCUT2D eigenvalue weighted by Crippen LogP contribution is -2.16. The van der Waals surface area contributed by atoms with Crippen LogP contribution in [0.1, 0.15) is 74.9 Å². The van der Waals surface area contributed by atoms with Crippen molar-refractivity contribution in [1.82, 2.24) is 34.5 Å². The Morgan fingerprint density at radius 2 is 0.548 bits per heavy atom. The number of para-hydroxylation sites is 5. The van der Waals surface area contributed by atoms with Crippen LogP contribution < -0.4 is 0 Å². The van der Waals surface area contributed by atoms with E-state index >= 15 is 0 Å². The first-order valence-corrected chi connectivity index (χ1v) is 42.8. The zero-order valence-corrected chi connectivity index (χ0v) is 69.8. The number of hydrogen-bond acceptors (Lipinski definition) is 6. The van der Waals surface area contributed by atoms with Crippen molar-refractivity contribution in [2.24, 2.45) is 0 Å². The molecule has 124 heavy (non-hydrogen) atoms. The molecule has 0 saturated carbocycles. The maximum absolute atomic E-state index is 5.25. The Labute approximate surface area is 722 Å². The highest BCUT2D eigenvalue weighted by atomic mass is 15.0. The number of aromatic nitrogens is 7. The highest BCUT2D eigenvalue weighted by Gasteiger charge is 2.43. The Hall–Kier alpha value is -15.4. The van der Waals surface area contributed by atoms with Gasteiger partial charge in [-0.25, -0.2) is 24.9 Å². The average Bonchev–Trinajstić information content (AvgIpc) is 1.56. The first-order valence-electron chi connectivity index (χ1n) is 42.8. The molecule has 0 bridgehead atoms. The van der Waals surface area contributed by atoms with Crippen molar-refractivity contribution < 1.29 is 0 Å². The van der Waals surface area contributed by atoms with Crippen LogP contribution >= 0.6 is 0 Å². The van der Waals surface area contributed by atoms with Crippen LogP contribution in [-0.2, 0) is 16.2 Å². The van der Waals surface area contributed by atoms with E-state index in [0.29, 0.717) is 5.82 Å². The van der Waals surface area contributed by atoms with Gasteiger partial charge in [-0.15, -0.1) is 0 Å². The molecule has 24 rings (SSSR count). The van der Waals surface area contributed by atoms with E-state index in [4.69, 9.17) is 24.9 Å². The topological polar surface area (TPSA) is 82.3 Å². The van der Waals surface area contributed by atoms with E-state index in [0.717, 1.165) is 83.9 Å². The maximum Gasteiger partial charge on any atom is 0.160 e. The second kappa shape index (κ2) is 30.1. The normalized spacial score (nSPS) is 13.3. The lowest BCUT2D eigenvalue weighted by molar-refractivity contribution is 0.661. The van der Waals surface area contributed by atoms with E-state index in [1.807, 2.05) is 36.5 Å². The number of benzene rings is 15. The van der Waals surface area contributed by atoms with Crippen LogP contribution in [-0.4, -0.2) is 34.5 Å². The zero-order chi connectivity index (χ0) is 83.4. The zero-order valence-electron chi connectivity index (χ0n) is 69.8. The molecule has 7 nitrogen and oxygen atoms in total. The fourth-order valence-corrected chi connectivity index (χ4v) is 20.0. The van der Waals surface area contributed by atoms with Gasteiger partial charge in [-0.1, -0.05) is 369 Å². The molecule has 7 heteroatoms. The van der Waals surface area contributed by atoms with Gasteiger partial charge in [0.15, 0.2) is 5.82 Å². The second-order valence-corrected chi connectivity index (χ2v) is 34.3. The van der Waals surface area contributed by atoms with E-state index in [1.165, 1.54) is 138 Å². The lowest BCUT2D eigenvalue weighted by Gasteiger charge is -2.25. The number of rotatable bonds is 10. The first kappa shape index (κ1) is 74.8. The molecule has 0 spiro atoms. The number of fused-ring (bicyclic) bond motifs is 15. The quantitative estimate of drug-likeness (QED) is 0.136. The van der Waals surface area contributed by atoms with E-state index in [-0.39, 0.29) is 16.2 Å². The first-order chi connectivity index (χ1) is 60.8. The molecule has 0 unspecified atom stereocenters. The molecule has 3 aliphatic carbocycles. The molecule has 0 fully saturated rings. The minimum Gasteiger partial charge on any atom is -0.309 e. The Morgan fingerprint density at radius 1 is 0.218 bits per heavy atom. The van der Waals surface area contributed by atoms with Crippen LogP contribution in [0.5, 0.6) is 0 Å². The van der Waals surface area contributed by atoms with Crippen molar-refractivity contribution in [3.8, 4) is 140 Å². The summed E-state index contributed by atoms with van der Waals surface area (Å²) >= 11 is 0. The molecule has 0 saturated heterocycles. The van der Waals surface area contributed by atoms with Gasteiger partial charge in [0.2, 0.25) is 0 Å². The van der Waals surface area contributed by atoms with Crippen LogP contribution in [0.4, 0.5) is 0 Å². The Bertz CT molecular complexity index is 7740. The summed E-state index contributed by atoms with van der Waals surface area (Å²) in [6.07, 6.45) is 1.84. The van der Waals surface area contributed by atoms with Crippen molar-refractivity contribution in [2.75, 3.05) is 0 Å². The predicted molar refractivity (Wildman–Crippen MR) is 515 cm³/mol. The number of nitrogens with zero attached hydrogens (tertiary/aromatic N) is 7. The summed E-state index contributed by atoms with van der Waals surface area (Å²) in [5.74, 6) is 0.702. The second-order valence-electron chi connectivity index (χ2n) is 34.3. The highest BCUT2D eigenvalue weighted by molar-refractivity contribution is 6.10. The third kappa shape index (κ3) is 12.6. The Kier molecular flexibility index (Phi) is 18.1. The maximum atomic E-state index is 5.25. The predicted octanol–water partition coefficient (Wildman–Crippen LogP) is 29.9. The molecular formula is C117H85N7. The minimum absolute atomic E-state index is 0.140. The van der Waals surface area contributed by atoms with Crippen LogP contribution in [0.25, 0.3) is 195 Å². The van der Waals surface area contributed by atoms with Crippen LogP contribution in [0.15, 0.2) is 407 Å². The summed E-state index contributed by atoms with van der Waals surface area (Å²) in [4.78, 5) is 30.5. The van der Waals surface area contributed by atoms with Gasteiger partial charge in [-0.2, -0.15) is 0 Å². The fraction of sp³-hybridized carbons (Fsp3) is 0.0769. The molecule has 3 aliphatic rings. The van der Waals surface area contributed by atoms with Crippen molar-refractivity contribution in [1.29, 1.82) is 0 Å². The molecule has 0 aliphatic heterocycles. The van der Waals surface area contributed by atoms with Gasteiger partial charge in [-0.3, -0.25) is 4.98 Å². The molecule has 21 aromatic rings. The summed E-state index contributed by atoms with van der Waals surface area (Å²) < 4.78 is 2.40. The van der Waals surface area contributed by atoms with Crippen molar-refractivity contribution >= 4 is 54.5 Å². The lowest BCUT2D eigenvalue weighted by atomic mass is 9.78. The molecule has 0 atom stereocenters. The summed E-state index contributed by atoms with van der Waals surface area (Å²) in [6.45, 7) is 14.0. The van der Waals surface area contributed by atoms with Gasteiger partial charge in [0, 0.05) is 94.0 Å². The number of pyridine rings is 4. The van der Waals surface area contributed by atoms with Gasteiger partial charge < -0.3 is 4.57 Å².